The average molecular weight is 424 g/mol. The van der Waals surface area contributed by atoms with Crippen LogP contribution in [0.5, 0.6) is 0 Å². The van der Waals surface area contributed by atoms with Crippen molar-refractivity contribution in [3.05, 3.63) is 50.8 Å². The van der Waals surface area contributed by atoms with Crippen molar-refractivity contribution in [3.8, 4) is 6.07 Å². The maximum absolute atomic E-state index is 13.0. The van der Waals surface area contributed by atoms with Crippen LogP contribution in [0.1, 0.15) is 35.6 Å². The van der Waals surface area contributed by atoms with Crippen molar-refractivity contribution in [2.24, 2.45) is 0 Å². The highest BCUT2D eigenvalue weighted by molar-refractivity contribution is 6.30. The molecule has 1 saturated heterocycles. The summed E-state index contributed by atoms with van der Waals surface area (Å²) in [6.45, 7) is 1.14. The molecular formula is C17H13ClF3N7O. The van der Waals surface area contributed by atoms with Crippen LogP contribution in [0.2, 0.25) is 5.02 Å². The van der Waals surface area contributed by atoms with Crippen LogP contribution in [0.15, 0.2) is 23.4 Å². The van der Waals surface area contributed by atoms with Crippen molar-refractivity contribution in [1.29, 1.82) is 5.26 Å². The lowest BCUT2D eigenvalue weighted by atomic mass is 9.91. The number of piperidine rings is 1. The molecule has 0 aromatic carbocycles. The van der Waals surface area contributed by atoms with Gasteiger partial charge in [-0.2, -0.15) is 22.9 Å². The van der Waals surface area contributed by atoms with Crippen LogP contribution >= 0.6 is 11.6 Å². The number of rotatable bonds is 2. The second kappa shape index (κ2) is 7.04. The molecule has 3 aromatic rings. The van der Waals surface area contributed by atoms with Gasteiger partial charge in [0.25, 0.3) is 5.56 Å². The van der Waals surface area contributed by atoms with Gasteiger partial charge in [0, 0.05) is 25.2 Å². The Bertz CT molecular complexity index is 1160. The third kappa shape index (κ3) is 3.40. The van der Waals surface area contributed by atoms with E-state index in [-0.39, 0.29) is 17.1 Å². The number of fused-ring (bicyclic) bond motifs is 1. The minimum atomic E-state index is -4.83. The van der Waals surface area contributed by atoms with E-state index in [1.165, 1.54) is 12.4 Å². The van der Waals surface area contributed by atoms with E-state index in [9.17, 15) is 23.2 Å². The van der Waals surface area contributed by atoms with E-state index >= 15 is 0 Å². The number of aromatic nitrogens is 5. The molecule has 0 atom stereocenters. The van der Waals surface area contributed by atoms with Crippen LogP contribution < -0.4 is 10.5 Å². The number of nitriles is 1. The van der Waals surface area contributed by atoms with Gasteiger partial charge in [0.1, 0.15) is 17.2 Å². The lowest BCUT2D eigenvalue weighted by molar-refractivity contribution is -0.139. The first-order chi connectivity index (χ1) is 13.8. The Kier molecular flexibility index (Phi) is 4.66. The van der Waals surface area contributed by atoms with Gasteiger partial charge in [0.15, 0.2) is 5.65 Å². The fraction of sp³-hybridized carbons (Fsp3) is 0.353. The molecule has 4 heterocycles. The molecule has 150 valence electrons. The molecule has 1 aliphatic heterocycles. The number of nitrogens with zero attached hydrogens (tertiary/aromatic N) is 6. The van der Waals surface area contributed by atoms with E-state index in [1.54, 1.807) is 0 Å². The first kappa shape index (κ1) is 19.2. The molecule has 29 heavy (non-hydrogen) atoms. The Morgan fingerprint density at radius 3 is 2.41 bits per heavy atom. The Morgan fingerprint density at radius 2 is 1.83 bits per heavy atom. The quantitative estimate of drug-likeness (QED) is 0.679. The maximum atomic E-state index is 13.0. The molecule has 0 spiro atoms. The molecule has 4 rings (SSSR count). The van der Waals surface area contributed by atoms with Crippen LogP contribution in [0.25, 0.3) is 5.65 Å². The molecule has 0 saturated carbocycles. The number of alkyl halides is 3. The van der Waals surface area contributed by atoms with Gasteiger partial charge in [-0.05, 0) is 12.8 Å². The molecule has 0 bridgehead atoms. The number of hydrogen-bond acceptors (Lipinski definition) is 6. The van der Waals surface area contributed by atoms with Crippen LogP contribution in [0.4, 0.5) is 19.1 Å². The third-order valence-corrected chi connectivity index (χ3v) is 5.09. The third-order valence-electron chi connectivity index (χ3n) is 4.90. The summed E-state index contributed by atoms with van der Waals surface area (Å²) in [7, 11) is 0. The average Bonchev–Trinajstić information content (AvgIpc) is 3.07. The normalized spacial score (nSPS) is 15.6. The Hall–Kier alpha value is -3.13. The van der Waals surface area contributed by atoms with Gasteiger partial charge in [-0.1, -0.05) is 11.6 Å². The number of H-pyrrole nitrogens is 1. The number of hydrogen-bond donors (Lipinski definition) is 1. The van der Waals surface area contributed by atoms with E-state index in [4.69, 9.17) is 11.6 Å². The van der Waals surface area contributed by atoms with Gasteiger partial charge >= 0.3 is 6.18 Å². The number of aromatic amines is 1. The summed E-state index contributed by atoms with van der Waals surface area (Å²) in [5.74, 6) is 0.376. The zero-order valence-corrected chi connectivity index (χ0v) is 15.5. The van der Waals surface area contributed by atoms with E-state index in [0.717, 1.165) is 0 Å². The van der Waals surface area contributed by atoms with E-state index < -0.39 is 17.3 Å². The number of nitrogens with one attached hydrogen (secondary N) is 1. The van der Waals surface area contributed by atoms with Gasteiger partial charge in [-0.25, -0.2) is 15.0 Å². The van der Waals surface area contributed by atoms with Crippen LogP contribution in [-0.4, -0.2) is 37.7 Å². The summed E-state index contributed by atoms with van der Waals surface area (Å²) in [5.41, 5.74) is -2.28. The van der Waals surface area contributed by atoms with Crippen molar-refractivity contribution in [2.45, 2.75) is 24.9 Å². The molecule has 8 nitrogen and oxygen atoms in total. The molecule has 1 aliphatic rings. The lowest BCUT2D eigenvalue weighted by Crippen LogP contribution is -2.34. The van der Waals surface area contributed by atoms with E-state index in [2.05, 4.69) is 20.1 Å². The van der Waals surface area contributed by atoms with Crippen LogP contribution in [0.3, 0.4) is 0 Å². The fourth-order valence-electron chi connectivity index (χ4n) is 3.47. The SMILES string of the molecule is N#Cc1c(C2CCN(c3ncc(Cl)cn3)CC2)[nH]n2c(=O)c(C(F)(F)F)cnc12. The van der Waals surface area contributed by atoms with Gasteiger partial charge in [-0.3, -0.25) is 9.89 Å². The van der Waals surface area contributed by atoms with Crippen LogP contribution in [0, 0.1) is 11.3 Å². The second-order valence-electron chi connectivity index (χ2n) is 6.61. The summed E-state index contributed by atoms with van der Waals surface area (Å²) >= 11 is 5.80. The first-order valence-electron chi connectivity index (χ1n) is 8.63. The monoisotopic (exact) mass is 423 g/mol. The first-order valence-corrected chi connectivity index (χ1v) is 9.01. The highest BCUT2D eigenvalue weighted by atomic mass is 35.5. The van der Waals surface area contributed by atoms with Gasteiger partial charge in [-0.15, -0.1) is 0 Å². The second-order valence-corrected chi connectivity index (χ2v) is 7.05. The predicted octanol–water partition coefficient (Wildman–Crippen LogP) is 2.74. The zero-order chi connectivity index (χ0) is 20.8. The summed E-state index contributed by atoms with van der Waals surface area (Å²) < 4.78 is 39.7. The van der Waals surface area contributed by atoms with Gasteiger partial charge in [0.05, 0.1) is 23.1 Å². The molecule has 1 N–H and O–H groups in total. The maximum Gasteiger partial charge on any atom is 0.423 e. The van der Waals surface area contributed by atoms with Crippen molar-refractivity contribution >= 4 is 23.2 Å². The molecule has 0 aliphatic carbocycles. The minimum Gasteiger partial charge on any atom is -0.341 e. The van der Waals surface area contributed by atoms with E-state index in [1.807, 2.05) is 11.0 Å². The van der Waals surface area contributed by atoms with E-state index in [0.29, 0.717) is 53.3 Å². The Balaban J connectivity index is 1.65. The Morgan fingerprint density at radius 1 is 1.17 bits per heavy atom. The smallest absolute Gasteiger partial charge is 0.341 e. The fourth-order valence-corrected chi connectivity index (χ4v) is 3.57. The summed E-state index contributed by atoms with van der Waals surface area (Å²) in [6.07, 6.45) is -0.178. The topological polar surface area (TPSA) is 103 Å². The highest BCUT2D eigenvalue weighted by Gasteiger charge is 2.36. The lowest BCUT2D eigenvalue weighted by Gasteiger charge is -2.31. The highest BCUT2D eigenvalue weighted by Crippen LogP contribution is 2.32. The van der Waals surface area contributed by atoms with Gasteiger partial charge < -0.3 is 4.90 Å². The molecule has 12 heteroatoms. The van der Waals surface area contributed by atoms with Crippen molar-refractivity contribution in [2.75, 3.05) is 18.0 Å². The number of halogens is 4. The number of anilines is 1. The molecule has 1 fully saturated rings. The standard InChI is InChI=1S/C17H13ClF3N7O/c18-10-6-24-16(25-7-10)27-3-1-9(2-4-27)13-11(5-22)14-23-8-12(17(19,20)21)15(29)28(14)26-13/h6-9,26H,1-4H2. The summed E-state index contributed by atoms with van der Waals surface area (Å²) in [6, 6.07) is 1.96. The zero-order valence-electron chi connectivity index (χ0n) is 14.7. The summed E-state index contributed by atoms with van der Waals surface area (Å²) in [4.78, 5) is 26.2. The Labute approximate surface area is 166 Å². The molecule has 0 amide bonds. The molecule has 3 aromatic heterocycles. The predicted molar refractivity (Wildman–Crippen MR) is 96.8 cm³/mol. The minimum absolute atomic E-state index is 0.0806. The van der Waals surface area contributed by atoms with Crippen LogP contribution in [-0.2, 0) is 6.18 Å². The molecule has 0 unspecified atom stereocenters. The van der Waals surface area contributed by atoms with Crippen molar-refractivity contribution < 1.29 is 13.2 Å². The van der Waals surface area contributed by atoms with Crippen molar-refractivity contribution in [1.82, 2.24) is 24.6 Å². The summed E-state index contributed by atoms with van der Waals surface area (Å²) in [5, 5.41) is 12.6. The largest absolute Gasteiger partial charge is 0.423 e. The van der Waals surface area contributed by atoms with Gasteiger partial charge in [0.2, 0.25) is 5.95 Å². The molecular weight excluding hydrogens is 411 g/mol. The van der Waals surface area contributed by atoms with Crippen molar-refractivity contribution in [3.63, 3.8) is 0 Å². The molecule has 0 radical (unpaired) electrons.